The molecule has 0 radical (unpaired) electrons. The number of aldehydes is 1. The number of hydrogen-bond donors (Lipinski definition) is 1. The third-order valence-electron chi connectivity index (χ3n) is 2.67. The van der Waals surface area contributed by atoms with Gasteiger partial charge in [0.05, 0.1) is 28.3 Å². The molecule has 0 fully saturated rings. The van der Waals surface area contributed by atoms with E-state index >= 15 is 0 Å². The van der Waals surface area contributed by atoms with Crippen LogP contribution in [0.15, 0.2) is 18.3 Å². The maximum atomic E-state index is 10.8. The molecule has 0 aromatic carbocycles. The Morgan fingerprint density at radius 3 is 2.90 bits per heavy atom. The minimum atomic E-state index is 0.0902. The normalized spacial score (nSPS) is 10.7. The van der Waals surface area contributed by atoms with Crippen LogP contribution in [-0.4, -0.2) is 32.8 Å². The van der Waals surface area contributed by atoms with Crippen LogP contribution in [0.5, 0.6) is 5.88 Å². The molecule has 0 aliphatic rings. The number of rotatable bonds is 4. The van der Waals surface area contributed by atoms with Crippen LogP contribution in [0.4, 0.5) is 5.95 Å². The van der Waals surface area contributed by atoms with Crippen LogP contribution < -0.4 is 10.5 Å². The highest BCUT2D eigenvalue weighted by atomic mass is 32.1. The van der Waals surface area contributed by atoms with Crippen LogP contribution in [0, 0.1) is 0 Å². The van der Waals surface area contributed by atoms with Crippen molar-refractivity contribution in [1.82, 2.24) is 19.9 Å². The second kappa shape index (κ2) is 5.41. The lowest BCUT2D eigenvalue weighted by atomic mass is 10.3. The van der Waals surface area contributed by atoms with E-state index in [2.05, 4.69) is 19.9 Å². The second-order valence-electron chi connectivity index (χ2n) is 4.07. The molecule has 0 bridgehead atoms. The first kappa shape index (κ1) is 13.4. The van der Waals surface area contributed by atoms with Crippen molar-refractivity contribution in [1.29, 1.82) is 0 Å². The van der Waals surface area contributed by atoms with E-state index in [9.17, 15) is 4.79 Å². The standard InChI is InChI=1S/C13H11N5O2S/c1-2-20-12-10-11(17-13(14)18-12)15-5-8(16-10)9-4-3-7(6-19)21-9/h3-6H,2H2,1H3,(H2,14,15,17,18). The monoisotopic (exact) mass is 301 g/mol. The summed E-state index contributed by atoms with van der Waals surface area (Å²) in [4.78, 5) is 29.0. The zero-order valence-electron chi connectivity index (χ0n) is 11.1. The van der Waals surface area contributed by atoms with Crippen molar-refractivity contribution in [3.05, 3.63) is 23.2 Å². The SMILES string of the molecule is CCOc1nc(N)nc2ncc(-c3ccc(C=O)s3)nc12. The third-order valence-corrected chi connectivity index (χ3v) is 3.70. The molecular formula is C13H11N5O2S. The number of nitrogens with two attached hydrogens (primary N) is 1. The first-order chi connectivity index (χ1) is 10.2. The molecule has 0 unspecified atom stereocenters. The summed E-state index contributed by atoms with van der Waals surface area (Å²) in [5.74, 6) is 0.397. The lowest BCUT2D eigenvalue weighted by Gasteiger charge is -2.06. The summed E-state index contributed by atoms with van der Waals surface area (Å²) in [6.07, 6.45) is 2.39. The molecule has 0 amide bonds. The molecule has 0 aliphatic carbocycles. The highest BCUT2D eigenvalue weighted by Gasteiger charge is 2.13. The molecule has 3 aromatic rings. The molecule has 0 saturated heterocycles. The molecule has 8 heteroatoms. The van der Waals surface area contributed by atoms with Gasteiger partial charge in [-0.1, -0.05) is 0 Å². The summed E-state index contributed by atoms with van der Waals surface area (Å²) < 4.78 is 5.43. The number of nitrogens with zero attached hydrogens (tertiary/aromatic N) is 4. The highest BCUT2D eigenvalue weighted by Crippen LogP contribution is 2.28. The van der Waals surface area contributed by atoms with Gasteiger partial charge in [0.1, 0.15) is 0 Å². The van der Waals surface area contributed by atoms with Crippen molar-refractivity contribution in [2.24, 2.45) is 0 Å². The Morgan fingerprint density at radius 2 is 2.19 bits per heavy atom. The molecule has 0 aliphatic heterocycles. The summed E-state index contributed by atoms with van der Waals surface area (Å²) in [6, 6.07) is 3.56. The minimum Gasteiger partial charge on any atom is -0.476 e. The van der Waals surface area contributed by atoms with Gasteiger partial charge in [0.15, 0.2) is 17.5 Å². The molecule has 3 heterocycles. The zero-order chi connectivity index (χ0) is 14.8. The Labute approximate surface area is 123 Å². The predicted molar refractivity (Wildman–Crippen MR) is 79.4 cm³/mol. The predicted octanol–water partition coefficient (Wildman–Crippen LogP) is 1.94. The molecular weight excluding hydrogens is 290 g/mol. The number of ether oxygens (including phenoxy) is 1. The zero-order valence-corrected chi connectivity index (χ0v) is 11.9. The van der Waals surface area contributed by atoms with E-state index in [0.29, 0.717) is 34.2 Å². The lowest BCUT2D eigenvalue weighted by Crippen LogP contribution is -2.03. The van der Waals surface area contributed by atoms with Crippen molar-refractivity contribution < 1.29 is 9.53 Å². The van der Waals surface area contributed by atoms with Crippen molar-refractivity contribution in [3.63, 3.8) is 0 Å². The van der Waals surface area contributed by atoms with Crippen molar-refractivity contribution in [2.75, 3.05) is 12.3 Å². The van der Waals surface area contributed by atoms with Crippen LogP contribution >= 0.6 is 11.3 Å². The molecule has 7 nitrogen and oxygen atoms in total. The average molecular weight is 301 g/mol. The fraction of sp³-hybridized carbons (Fsp3) is 0.154. The van der Waals surface area contributed by atoms with E-state index in [1.807, 2.05) is 13.0 Å². The van der Waals surface area contributed by atoms with Crippen LogP contribution in [0.3, 0.4) is 0 Å². The number of carbonyl (C=O) groups is 1. The Kier molecular flexibility index (Phi) is 3.44. The molecule has 0 saturated carbocycles. The van der Waals surface area contributed by atoms with E-state index < -0.39 is 0 Å². The molecule has 3 aromatic heterocycles. The van der Waals surface area contributed by atoms with Crippen LogP contribution in [0.1, 0.15) is 16.6 Å². The van der Waals surface area contributed by atoms with Crippen molar-refractivity contribution >= 4 is 34.7 Å². The van der Waals surface area contributed by atoms with E-state index in [1.165, 1.54) is 11.3 Å². The van der Waals surface area contributed by atoms with E-state index in [4.69, 9.17) is 10.5 Å². The Hall–Kier alpha value is -2.61. The summed E-state index contributed by atoms with van der Waals surface area (Å²) in [5.41, 5.74) is 7.08. The smallest absolute Gasteiger partial charge is 0.247 e. The fourth-order valence-corrected chi connectivity index (χ4v) is 2.59. The van der Waals surface area contributed by atoms with Gasteiger partial charge in [0.2, 0.25) is 11.8 Å². The lowest BCUT2D eigenvalue weighted by molar-refractivity contribution is 0.112. The number of carbonyl (C=O) groups excluding carboxylic acids is 1. The number of aromatic nitrogens is 4. The number of fused-ring (bicyclic) bond motifs is 1. The van der Waals surface area contributed by atoms with E-state index in [0.717, 1.165) is 11.2 Å². The Balaban J connectivity index is 2.15. The topological polar surface area (TPSA) is 104 Å². The molecule has 0 atom stereocenters. The average Bonchev–Trinajstić information content (AvgIpc) is 2.96. The van der Waals surface area contributed by atoms with Gasteiger partial charge in [0.25, 0.3) is 0 Å². The number of thiophene rings is 1. The second-order valence-corrected chi connectivity index (χ2v) is 5.18. The first-order valence-corrected chi connectivity index (χ1v) is 7.01. The highest BCUT2D eigenvalue weighted by molar-refractivity contribution is 7.17. The van der Waals surface area contributed by atoms with E-state index in [-0.39, 0.29) is 5.95 Å². The third kappa shape index (κ3) is 2.52. The summed E-state index contributed by atoms with van der Waals surface area (Å²) in [7, 11) is 0. The quantitative estimate of drug-likeness (QED) is 0.734. The number of anilines is 1. The van der Waals surface area contributed by atoms with Gasteiger partial charge in [-0.05, 0) is 19.1 Å². The van der Waals surface area contributed by atoms with Crippen molar-refractivity contribution in [3.8, 4) is 16.5 Å². The minimum absolute atomic E-state index is 0.0902. The summed E-state index contributed by atoms with van der Waals surface area (Å²) in [5, 5.41) is 0. The first-order valence-electron chi connectivity index (χ1n) is 6.19. The Bertz CT molecular complexity index is 817. The number of hydrogen-bond acceptors (Lipinski definition) is 8. The van der Waals surface area contributed by atoms with Gasteiger partial charge in [-0.3, -0.25) is 4.79 Å². The van der Waals surface area contributed by atoms with Gasteiger partial charge >= 0.3 is 0 Å². The molecule has 0 spiro atoms. The van der Waals surface area contributed by atoms with Gasteiger partial charge in [-0.2, -0.15) is 9.97 Å². The number of nitrogen functional groups attached to an aromatic ring is 1. The summed E-state index contributed by atoms with van der Waals surface area (Å²) >= 11 is 1.34. The fourth-order valence-electron chi connectivity index (χ4n) is 1.81. The Morgan fingerprint density at radius 1 is 1.33 bits per heavy atom. The molecule has 21 heavy (non-hydrogen) atoms. The molecule has 3 rings (SSSR count). The maximum absolute atomic E-state index is 10.8. The van der Waals surface area contributed by atoms with Gasteiger partial charge in [-0.15, -0.1) is 11.3 Å². The summed E-state index contributed by atoms with van der Waals surface area (Å²) in [6.45, 7) is 2.28. The van der Waals surface area contributed by atoms with Gasteiger partial charge in [-0.25, -0.2) is 9.97 Å². The molecule has 2 N–H and O–H groups in total. The maximum Gasteiger partial charge on any atom is 0.247 e. The van der Waals surface area contributed by atoms with Crippen LogP contribution in [0.25, 0.3) is 21.7 Å². The van der Waals surface area contributed by atoms with Crippen LogP contribution in [-0.2, 0) is 0 Å². The van der Waals surface area contributed by atoms with Gasteiger partial charge < -0.3 is 10.5 Å². The molecule has 106 valence electrons. The van der Waals surface area contributed by atoms with Crippen molar-refractivity contribution in [2.45, 2.75) is 6.92 Å². The van der Waals surface area contributed by atoms with Gasteiger partial charge in [0, 0.05) is 0 Å². The van der Waals surface area contributed by atoms with Crippen LogP contribution in [0.2, 0.25) is 0 Å². The van der Waals surface area contributed by atoms with E-state index in [1.54, 1.807) is 12.3 Å². The largest absolute Gasteiger partial charge is 0.476 e.